The van der Waals surface area contributed by atoms with E-state index in [9.17, 15) is 24.0 Å². The molecule has 22 nitrogen and oxygen atoms in total. The maximum Gasteiger partial charge on any atom is 0.410 e. The van der Waals surface area contributed by atoms with Gasteiger partial charge >= 0.3 is 18.2 Å². The Morgan fingerprint density at radius 3 is 1.43 bits per heavy atom. The van der Waals surface area contributed by atoms with Crippen molar-refractivity contribution >= 4 is 81.1 Å². The van der Waals surface area contributed by atoms with Gasteiger partial charge < -0.3 is 50.5 Å². The lowest BCUT2D eigenvalue weighted by Crippen LogP contribution is -2.37. The van der Waals surface area contributed by atoms with E-state index in [0.717, 1.165) is 16.0 Å². The number of aryl methyl sites for hydroxylation is 2. The molecule has 0 saturated carbocycles. The van der Waals surface area contributed by atoms with E-state index in [4.69, 9.17) is 114 Å². The Labute approximate surface area is 518 Å². The molecule has 0 unspecified atom stereocenters. The number of aliphatic carboxylic acids is 1. The van der Waals surface area contributed by atoms with Gasteiger partial charge in [-0.05, 0) is 108 Å². The van der Waals surface area contributed by atoms with Gasteiger partial charge in [-0.1, -0.05) is 69.3 Å². The molecule has 0 spiro atoms. The number of carbonyl (C=O) groups is 5. The van der Waals surface area contributed by atoms with Crippen molar-refractivity contribution in [3.8, 4) is 11.4 Å². The molecular formula is C49H60F19IN12O10. The molecule has 0 aliphatic rings. The van der Waals surface area contributed by atoms with Gasteiger partial charge in [-0.3, -0.25) is 27.9 Å². The third-order valence-electron chi connectivity index (χ3n) is 9.56. The number of oxime groups is 1. The van der Waals surface area contributed by atoms with Gasteiger partial charge in [-0.2, -0.15) is 4.98 Å². The van der Waals surface area contributed by atoms with Crippen LogP contribution in [-0.4, -0.2) is 122 Å². The molecule has 0 atom stereocenters. The second-order valence-electron chi connectivity index (χ2n) is 17.7. The third kappa shape index (κ3) is 36.0. The number of amides is 4. The molecule has 42 heteroatoms. The molecule has 7 aromatic rings. The van der Waals surface area contributed by atoms with Gasteiger partial charge in [-0.15, -0.1) is 0 Å². The number of anilines is 2. The fourth-order valence-electron chi connectivity index (χ4n) is 6.09. The maximum absolute atomic E-state index is 12.9. The number of fused-ring (bicyclic) bond motifs is 2. The molecule has 5 aromatic heterocycles. The predicted molar refractivity (Wildman–Crippen MR) is 301 cm³/mol. The van der Waals surface area contributed by atoms with E-state index in [0.29, 0.717) is 55.9 Å². The SMILES string of the molecule is CN(CC(=O)O)C(=O)OC(C)(C)C.Cc1ccc(-c2noc(CN(C)C(=O)OC(C)(C)C)n2)cc1NC(=O)c1cnc2ccccn12.Cc1ccc(/C(N)=N/O)cc1NC(=O)c1cnc2ccccn12.F.FF.FF.FF.FF.FF.FF.FF.FF.FF.[2H]CI. The quantitative estimate of drug-likeness (QED) is 0.0162. The molecule has 0 fully saturated rings. The van der Waals surface area contributed by atoms with Crippen LogP contribution in [-0.2, 0) is 20.8 Å². The molecule has 7 rings (SSSR count). The zero-order valence-electron chi connectivity index (χ0n) is 49.7. The van der Waals surface area contributed by atoms with Gasteiger partial charge in [0.15, 0.2) is 5.84 Å². The third-order valence-corrected chi connectivity index (χ3v) is 9.56. The van der Waals surface area contributed by atoms with Crippen molar-refractivity contribution in [3.05, 3.63) is 132 Å². The van der Waals surface area contributed by atoms with E-state index in [1.807, 2.05) is 85.0 Å². The number of hydrogen-bond acceptors (Lipinski definition) is 14. The second kappa shape index (κ2) is 54.7. The molecule has 5 heterocycles. The highest BCUT2D eigenvalue weighted by Gasteiger charge is 2.23. The van der Waals surface area contributed by atoms with Crippen LogP contribution in [0.15, 0.2) is 107 Å². The van der Waals surface area contributed by atoms with Crippen molar-refractivity contribution in [2.45, 2.75) is 73.1 Å². The number of nitrogens with two attached hydrogens (primary N) is 1. The van der Waals surface area contributed by atoms with Gasteiger partial charge in [0, 0.05) is 133 Å². The van der Waals surface area contributed by atoms with Gasteiger partial charge in [0.05, 0.1) is 12.4 Å². The van der Waals surface area contributed by atoms with E-state index in [2.05, 4.69) is 35.9 Å². The second-order valence-corrected chi connectivity index (χ2v) is 17.7. The molecule has 4 amide bonds. The lowest BCUT2D eigenvalue weighted by atomic mass is 10.1. The first-order valence-corrected chi connectivity index (χ1v) is 24.6. The Balaban J connectivity index is -0.000000217. The summed E-state index contributed by atoms with van der Waals surface area (Å²) in [7, 11) is 2.97. The van der Waals surface area contributed by atoms with Crippen molar-refractivity contribution in [3.63, 3.8) is 0 Å². The number of carboxylic acids is 1. The maximum atomic E-state index is 12.9. The lowest BCUT2D eigenvalue weighted by Gasteiger charge is -2.23. The molecular weight excluding hydrogens is 1400 g/mol. The number of alkyl halides is 1. The number of ether oxygens (including phenoxy) is 2. The monoisotopic (exact) mass is 1470 g/mol. The van der Waals surface area contributed by atoms with Crippen LogP contribution in [0.5, 0.6) is 0 Å². The molecule has 0 saturated heterocycles. The summed E-state index contributed by atoms with van der Waals surface area (Å²) in [5.41, 5.74) is 10.7. The molecule has 0 aliphatic carbocycles. The summed E-state index contributed by atoms with van der Waals surface area (Å²) in [6.45, 7) is 14.1. The summed E-state index contributed by atoms with van der Waals surface area (Å²) in [5.74, 6) is -1.04. The number of carbonyl (C=O) groups excluding carboxylic acids is 4. The topological polar surface area (TPSA) is 287 Å². The first-order chi connectivity index (χ1) is 43.3. The molecule has 91 heavy (non-hydrogen) atoms. The van der Waals surface area contributed by atoms with Crippen LogP contribution < -0.4 is 16.4 Å². The smallest absolute Gasteiger partial charge is 0.410 e. The van der Waals surface area contributed by atoms with Crippen molar-refractivity contribution in [1.29, 1.82) is 0 Å². The minimum absolute atomic E-state index is 0. The van der Waals surface area contributed by atoms with Crippen LogP contribution in [0.3, 0.4) is 0 Å². The molecule has 6 N–H and O–H groups in total. The Hall–Kier alpha value is -9.42. The van der Waals surface area contributed by atoms with Gasteiger partial charge in [0.1, 0.15) is 47.0 Å². The van der Waals surface area contributed by atoms with Crippen molar-refractivity contribution in [2.24, 2.45) is 10.9 Å². The minimum Gasteiger partial charge on any atom is -0.480 e. The number of nitrogens with one attached hydrogen (secondary N) is 2. The number of imidazole rings is 2. The first-order valence-electron chi connectivity index (χ1n) is 23.8. The van der Waals surface area contributed by atoms with E-state index in [-0.39, 0.29) is 41.3 Å². The number of halogens is 20. The molecule has 2 aromatic carbocycles. The fraction of sp³-hybridized carbons (Fsp3) is 0.306. The first kappa shape index (κ1) is 92.7. The van der Waals surface area contributed by atoms with Crippen LogP contribution >= 0.6 is 22.6 Å². The Kier molecular flexibility index (Phi) is 55.7. The van der Waals surface area contributed by atoms with Crippen LogP contribution in [0.2, 0.25) is 0 Å². The van der Waals surface area contributed by atoms with E-state index in [1.54, 1.807) is 94.1 Å². The number of rotatable bonds is 10. The van der Waals surface area contributed by atoms with Gasteiger partial charge in [-0.25, -0.2) is 19.6 Å². The fourth-order valence-corrected chi connectivity index (χ4v) is 6.09. The van der Waals surface area contributed by atoms with Crippen molar-refractivity contribution in [1.82, 2.24) is 38.7 Å². The number of nitrogens with zero attached hydrogens (tertiary/aromatic N) is 9. The Morgan fingerprint density at radius 2 is 1.04 bits per heavy atom. The number of aromatic nitrogens is 6. The highest BCUT2D eigenvalue weighted by molar-refractivity contribution is 14.1. The summed E-state index contributed by atoms with van der Waals surface area (Å²) < 4.78 is 169. The number of likely N-dealkylation sites (N-methyl/N-ethyl adjacent to an activating group) is 1. The summed E-state index contributed by atoms with van der Waals surface area (Å²) >= 11 is 1.96. The summed E-state index contributed by atoms with van der Waals surface area (Å²) in [5, 5.41) is 29.9. The molecule has 0 radical (unpaired) electrons. The van der Waals surface area contributed by atoms with Crippen molar-refractivity contribution < 1.29 is 137 Å². The number of amidine groups is 1. The Morgan fingerprint density at radius 1 is 0.659 bits per heavy atom. The Bertz CT molecular complexity index is 3140. The number of pyridine rings is 2. The van der Waals surface area contributed by atoms with Crippen molar-refractivity contribution in [2.75, 3.05) is 36.2 Å². The predicted octanol–water partition coefficient (Wildman–Crippen LogP) is 16.0. The summed E-state index contributed by atoms with van der Waals surface area (Å²) in [6.07, 6.45) is 5.51. The van der Waals surface area contributed by atoms with E-state index < -0.39 is 29.4 Å². The van der Waals surface area contributed by atoms with Gasteiger partial charge in [0.2, 0.25) is 11.7 Å². The zero-order valence-corrected chi connectivity index (χ0v) is 50.9. The summed E-state index contributed by atoms with van der Waals surface area (Å²) in [4.78, 5) is 74.6. The standard InChI is InChI=1S/C24H26N6O4.C16H15N5O2.C8H15NO4.CH3I.9F2.FH/c1-15-9-10-16(21-27-20(34-28-21)14-29(5)23(32)33-24(2,3)4)12-17(15)26-22(31)18-13-25-19-8-6-7-11-30(18)19;1-10-5-6-11(15(17)20-23)8-12(10)19-16(22)13-9-18-14-4-2-3-7-21(13)14;1-8(2,3)13-7(12)9(4)5-6(10)11;10*1-2;/h6-13H,14H2,1-5H3,(H,26,31);2-9,23H,1H3,(H2,17,20)(H,19,22);5H2,1-4H3,(H,10,11);1H3;;;;;;;;;;1H/i;;;1D;;;;;;;;;;. The highest BCUT2D eigenvalue weighted by atomic mass is 127. The average molecular weight is 1470 g/mol. The number of hydrogen-bond donors (Lipinski definition) is 5. The van der Waals surface area contributed by atoms with Gasteiger partial charge in [0.25, 0.3) is 11.8 Å². The molecule has 0 aliphatic heterocycles. The normalized spacial score (nSPS) is 9.55. The largest absolute Gasteiger partial charge is 0.480 e. The zero-order chi connectivity index (χ0) is 72.2. The molecule has 516 valence electrons. The lowest BCUT2D eigenvalue weighted by molar-refractivity contribution is -0.137. The van der Waals surface area contributed by atoms with E-state index in [1.165, 1.54) is 24.3 Å². The van der Waals surface area contributed by atoms with Crippen LogP contribution in [0, 0.1) is 13.8 Å². The summed E-state index contributed by atoms with van der Waals surface area (Å²) in [6, 6.07) is 21.7. The highest BCUT2D eigenvalue weighted by Crippen LogP contribution is 2.25. The number of carboxylic acid groups (broad SMARTS) is 1. The van der Waals surface area contributed by atoms with Crippen LogP contribution in [0.1, 0.15) is 86.5 Å². The molecule has 0 bridgehead atoms. The average Bonchev–Trinajstić information content (AvgIpc) is 1.64. The minimum atomic E-state index is -1.06. The van der Waals surface area contributed by atoms with E-state index >= 15 is 0 Å². The van der Waals surface area contributed by atoms with Crippen LogP contribution in [0.4, 0.5) is 108 Å². The van der Waals surface area contributed by atoms with Crippen LogP contribution in [0.25, 0.3) is 22.7 Å². The number of benzene rings is 2.